The Balaban J connectivity index is 2.72. The minimum atomic E-state index is -0.724. The lowest BCUT2D eigenvalue weighted by atomic mass is 10.1. The molecule has 0 aromatic rings. The third-order valence-electron chi connectivity index (χ3n) is 1.62. The van der Waals surface area contributed by atoms with Crippen LogP contribution in [0.5, 0.6) is 0 Å². The van der Waals surface area contributed by atoms with Crippen molar-refractivity contribution in [2.45, 2.75) is 24.3 Å². The second kappa shape index (κ2) is 3.27. The minimum absolute atomic E-state index is 0.0168. The molecule has 0 saturated carbocycles. The standard InChI is InChI=1S/C5H10N4OS/c1-4(11)5(2-3-10)6-8-9-7-5/h4,10-11H,2-3H2,1H3. The van der Waals surface area contributed by atoms with Crippen LogP contribution in [0.25, 0.3) is 0 Å². The van der Waals surface area contributed by atoms with Gasteiger partial charge in [-0.05, 0) is 17.4 Å². The molecular weight excluding hydrogens is 164 g/mol. The molecule has 1 aliphatic heterocycles. The average Bonchev–Trinajstić information content (AvgIpc) is 2.38. The highest BCUT2D eigenvalue weighted by Crippen LogP contribution is 2.30. The Labute approximate surface area is 70.0 Å². The van der Waals surface area contributed by atoms with Crippen molar-refractivity contribution in [2.75, 3.05) is 6.61 Å². The molecule has 1 N–H and O–H groups in total. The molecule has 0 radical (unpaired) electrons. The zero-order chi connectivity index (χ0) is 8.32. The van der Waals surface area contributed by atoms with Gasteiger partial charge in [-0.15, -0.1) is 10.2 Å². The van der Waals surface area contributed by atoms with Gasteiger partial charge < -0.3 is 5.11 Å². The van der Waals surface area contributed by atoms with E-state index in [1.54, 1.807) is 0 Å². The van der Waals surface area contributed by atoms with Crippen LogP contribution in [0.3, 0.4) is 0 Å². The van der Waals surface area contributed by atoms with Crippen molar-refractivity contribution >= 4 is 12.6 Å². The Bertz CT molecular complexity index is 179. The summed E-state index contributed by atoms with van der Waals surface area (Å²) >= 11 is 4.19. The fourth-order valence-electron chi connectivity index (χ4n) is 0.855. The van der Waals surface area contributed by atoms with E-state index in [4.69, 9.17) is 5.11 Å². The molecule has 1 rings (SSSR count). The van der Waals surface area contributed by atoms with Crippen LogP contribution in [0.15, 0.2) is 20.7 Å². The van der Waals surface area contributed by atoms with Gasteiger partial charge in [0.1, 0.15) is 0 Å². The van der Waals surface area contributed by atoms with E-state index in [2.05, 4.69) is 33.3 Å². The van der Waals surface area contributed by atoms with Crippen molar-refractivity contribution in [3.8, 4) is 0 Å². The number of aliphatic hydroxyl groups is 1. The first kappa shape index (κ1) is 8.61. The molecule has 11 heavy (non-hydrogen) atoms. The van der Waals surface area contributed by atoms with E-state index in [1.807, 2.05) is 6.92 Å². The zero-order valence-electron chi connectivity index (χ0n) is 6.17. The molecule has 0 aromatic heterocycles. The van der Waals surface area contributed by atoms with Crippen LogP contribution in [0.2, 0.25) is 0 Å². The van der Waals surface area contributed by atoms with Gasteiger partial charge in [-0.2, -0.15) is 12.6 Å². The molecule has 1 unspecified atom stereocenters. The summed E-state index contributed by atoms with van der Waals surface area (Å²) in [7, 11) is 0. The monoisotopic (exact) mass is 174 g/mol. The van der Waals surface area contributed by atoms with E-state index in [-0.39, 0.29) is 11.9 Å². The number of nitrogens with zero attached hydrogens (tertiary/aromatic N) is 4. The first-order valence-electron chi connectivity index (χ1n) is 3.34. The lowest BCUT2D eigenvalue weighted by Crippen LogP contribution is -2.32. The predicted molar refractivity (Wildman–Crippen MR) is 42.6 cm³/mol. The Kier molecular flexibility index (Phi) is 2.56. The van der Waals surface area contributed by atoms with E-state index >= 15 is 0 Å². The SMILES string of the molecule is CC(S)C1(CCO)N=NN=N1. The van der Waals surface area contributed by atoms with Crippen molar-refractivity contribution in [2.24, 2.45) is 20.7 Å². The third-order valence-corrected chi connectivity index (χ3v) is 2.04. The molecular formula is C5H10N4OS. The van der Waals surface area contributed by atoms with Gasteiger partial charge >= 0.3 is 0 Å². The van der Waals surface area contributed by atoms with E-state index < -0.39 is 5.66 Å². The van der Waals surface area contributed by atoms with E-state index in [1.165, 1.54) is 0 Å². The molecule has 0 bridgehead atoms. The number of thiol groups is 1. The summed E-state index contributed by atoms with van der Waals surface area (Å²) < 4.78 is 0. The van der Waals surface area contributed by atoms with Crippen LogP contribution >= 0.6 is 12.6 Å². The molecule has 1 heterocycles. The minimum Gasteiger partial charge on any atom is -0.396 e. The summed E-state index contributed by atoms with van der Waals surface area (Å²) in [4.78, 5) is 0. The number of rotatable bonds is 3. The van der Waals surface area contributed by atoms with E-state index in [0.717, 1.165) is 0 Å². The number of hydrogen-bond donors (Lipinski definition) is 2. The quantitative estimate of drug-likeness (QED) is 0.620. The summed E-state index contributed by atoms with van der Waals surface area (Å²) in [6.07, 6.45) is 0.421. The van der Waals surface area contributed by atoms with Gasteiger partial charge in [-0.1, -0.05) is 0 Å². The molecule has 0 aromatic carbocycles. The molecule has 0 saturated heterocycles. The molecule has 1 atom stereocenters. The maximum Gasteiger partial charge on any atom is 0.208 e. The van der Waals surface area contributed by atoms with E-state index in [0.29, 0.717) is 6.42 Å². The van der Waals surface area contributed by atoms with Crippen LogP contribution < -0.4 is 0 Å². The van der Waals surface area contributed by atoms with E-state index in [9.17, 15) is 0 Å². The first-order chi connectivity index (χ1) is 5.21. The molecule has 6 heteroatoms. The van der Waals surface area contributed by atoms with Crippen LogP contribution in [-0.4, -0.2) is 22.6 Å². The summed E-state index contributed by atoms with van der Waals surface area (Å²) in [5, 5.41) is 23.0. The van der Waals surface area contributed by atoms with Gasteiger partial charge in [0, 0.05) is 18.3 Å². The maximum absolute atomic E-state index is 8.70. The van der Waals surface area contributed by atoms with Gasteiger partial charge in [-0.25, -0.2) is 0 Å². The second-order valence-corrected chi connectivity index (χ2v) is 3.18. The van der Waals surface area contributed by atoms with Crippen LogP contribution in [0, 0.1) is 0 Å². The molecule has 5 nitrogen and oxygen atoms in total. The molecule has 0 fully saturated rings. The lowest BCUT2D eigenvalue weighted by molar-refractivity contribution is 0.240. The highest BCUT2D eigenvalue weighted by atomic mass is 32.1. The summed E-state index contributed by atoms with van der Waals surface area (Å²) in [5.74, 6) is 0. The van der Waals surface area contributed by atoms with Gasteiger partial charge in [0.25, 0.3) is 0 Å². The predicted octanol–water partition coefficient (Wildman–Crippen LogP) is 1.22. The molecule has 1 aliphatic rings. The highest BCUT2D eigenvalue weighted by molar-refractivity contribution is 7.81. The van der Waals surface area contributed by atoms with Crippen molar-refractivity contribution in [1.29, 1.82) is 0 Å². The molecule has 0 amide bonds. The lowest BCUT2D eigenvalue weighted by Gasteiger charge is -2.21. The van der Waals surface area contributed by atoms with Crippen molar-refractivity contribution < 1.29 is 5.11 Å². The summed E-state index contributed by atoms with van der Waals surface area (Å²) in [6, 6.07) is 0. The normalized spacial score (nSPS) is 22.5. The van der Waals surface area contributed by atoms with Crippen LogP contribution in [-0.2, 0) is 0 Å². The Morgan fingerprint density at radius 1 is 1.45 bits per heavy atom. The molecule has 0 aliphatic carbocycles. The van der Waals surface area contributed by atoms with Gasteiger partial charge in [-0.3, -0.25) is 0 Å². The third kappa shape index (κ3) is 1.57. The van der Waals surface area contributed by atoms with Crippen molar-refractivity contribution in [3.05, 3.63) is 0 Å². The summed E-state index contributed by atoms with van der Waals surface area (Å²) in [6.45, 7) is 1.87. The number of aliphatic hydroxyl groups excluding tert-OH is 1. The Morgan fingerprint density at radius 3 is 2.36 bits per heavy atom. The fourth-order valence-corrected chi connectivity index (χ4v) is 1.09. The zero-order valence-corrected chi connectivity index (χ0v) is 7.07. The first-order valence-corrected chi connectivity index (χ1v) is 3.86. The number of hydrogen-bond acceptors (Lipinski definition) is 6. The Hall–Kier alpha value is -0.490. The Morgan fingerprint density at radius 2 is 2.00 bits per heavy atom. The second-order valence-electron chi connectivity index (χ2n) is 2.41. The topological polar surface area (TPSA) is 69.7 Å². The average molecular weight is 174 g/mol. The van der Waals surface area contributed by atoms with Crippen LogP contribution in [0.4, 0.5) is 0 Å². The van der Waals surface area contributed by atoms with Crippen molar-refractivity contribution in [1.82, 2.24) is 0 Å². The maximum atomic E-state index is 8.70. The van der Waals surface area contributed by atoms with Crippen molar-refractivity contribution in [3.63, 3.8) is 0 Å². The fraction of sp³-hybridized carbons (Fsp3) is 1.00. The smallest absolute Gasteiger partial charge is 0.208 e. The van der Waals surface area contributed by atoms with Crippen LogP contribution in [0.1, 0.15) is 13.3 Å². The van der Waals surface area contributed by atoms with Gasteiger partial charge in [0.2, 0.25) is 5.66 Å². The largest absolute Gasteiger partial charge is 0.396 e. The van der Waals surface area contributed by atoms with Gasteiger partial charge in [0.15, 0.2) is 0 Å². The van der Waals surface area contributed by atoms with Gasteiger partial charge in [0.05, 0.1) is 0 Å². The highest BCUT2D eigenvalue weighted by Gasteiger charge is 2.36. The summed E-state index contributed by atoms with van der Waals surface area (Å²) in [5.41, 5.74) is -0.724. The molecule has 0 spiro atoms. The molecule has 62 valence electrons.